The van der Waals surface area contributed by atoms with Crippen molar-refractivity contribution in [3.63, 3.8) is 0 Å². The number of nitro benzene ring substituents is 1. The van der Waals surface area contributed by atoms with Crippen molar-refractivity contribution in [1.29, 1.82) is 0 Å². The number of nitro groups is 1. The zero-order valence-corrected chi connectivity index (χ0v) is 15.6. The molecular weight excluding hydrogens is 366 g/mol. The average Bonchev–Trinajstić information content (AvgIpc) is 2.98. The Balaban J connectivity index is 2.09. The minimum atomic E-state index is -0.517. The molecule has 0 aliphatic rings. The average molecular weight is 385 g/mol. The maximum absolute atomic E-state index is 12.5. The molecule has 1 unspecified atom stereocenters. The van der Waals surface area contributed by atoms with Crippen LogP contribution in [0, 0.1) is 10.1 Å². The summed E-state index contributed by atoms with van der Waals surface area (Å²) in [6.07, 6.45) is 0. The molecule has 0 fully saturated rings. The van der Waals surface area contributed by atoms with Gasteiger partial charge in [0, 0.05) is 12.1 Å². The number of nitrogens with one attached hydrogen (secondary N) is 2. The Morgan fingerprint density at radius 2 is 2.16 bits per heavy atom. The van der Waals surface area contributed by atoms with Crippen molar-refractivity contribution in [3.05, 3.63) is 49.7 Å². The Morgan fingerprint density at radius 1 is 1.44 bits per heavy atom. The molecule has 1 aromatic carbocycles. The third-order valence-electron chi connectivity index (χ3n) is 3.87. The normalized spacial score (nSPS) is 13.1. The van der Waals surface area contributed by atoms with E-state index in [1.807, 2.05) is 19.2 Å². The Labute approximate surface area is 154 Å². The Bertz CT molecular complexity index is 780. The van der Waals surface area contributed by atoms with Crippen molar-refractivity contribution in [2.45, 2.75) is 19.5 Å². The Hall–Kier alpha value is -2.16. The summed E-state index contributed by atoms with van der Waals surface area (Å²) in [5.74, 6) is 0.118. The largest absolute Gasteiger partial charge is 0.495 e. The predicted octanol–water partition coefficient (Wildman–Crippen LogP) is 2.36. The van der Waals surface area contributed by atoms with Crippen LogP contribution in [-0.4, -0.2) is 31.0 Å². The highest BCUT2D eigenvalue weighted by molar-refractivity contribution is 7.16. The van der Waals surface area contributed by atoms with Crippen molar-refractivity contribution in [2.24, 2.45) is 0 Å². The van der Waals surface area contributed by atoms with Crippen molar-refractivity contribution in [1.82, 2.24) is 0 Å². The van der Waals surface area contributed by atoms with Gasteiger partial charge in [0.15, 0.2) is 6.04 Å². The quantitative estimate of drug-likeness (QED) is 0.566. The molecule has 0 saturated heterocycles. The number of hydrogen-bond acceptors (Lipinski definition) is 5. The number of likely N-dealkylation sites (N-methyl/N-ethyl adjacent to an activating group) is 1. The van der Waals surface area contributed by atoms with E-state index in [1.165, 1.54) is 36.6 Å². The summed E-state index contributed by atoms with van der Waals surface area (Å²) in [5.41, 5.74) is 0.165. The molecule has 1 aromatic heterocycles. The molecule has 0 saturated carbocycles. The van der Waals surface area contributed by atoms with Crippen LogP contribution < -0.4 is 15.0 Å². The number of amides is 1. The number of anilines is 1. The summed E-state index contributed by atoms with van der Waals surface area (Å²) in [5, 5.41) is 13.6. The highest BCUT2D eigenvalue weighted by Gasteiger charge is 2.24. The Morgan fingerprint density at radius 3 is 2.72 bits per heavy atom. The lowest BCUT2D eigenvalue weighted by Gasteiger charge is -2.21. The van der Waals surface area contributed by atoms with Gasteiger partial charge in [-0.2, -0.15) is 0 Å². The number of halogens is 1. The standard InChI is InChI=1S/C16H18ClN3O4S/c1-10(19(2)9-12-5-7-15(17)25-12)16(21)18-13-8-11(20(22)23)4-6-14(13)24-3/h4-8,10H,9H2,1-3H3,(H,18,21)/p+1/t10-/m0/s1. The number of carbonyl (C=O) groups excluding carboxylic acids is 1. The molecule has 134 valence electrons. The van der Waals surface area contributed by atoms with Crippen LogP contribution in [0.4, 0.5) is 11.4 Å². The smallest absolute Gasteiger partial charge is 0.282 e. The van der Waals surface area contributed by atoms with Gasteiger partial charge in [0.25, 0.3) is 11.6 Å². The van der Waals surface area contributed by atoms with Crippen molar-refractivity contribution >= 4 is 40.2 Å². The number of ether oxygens (including phenoxy) is 1. The molecule has 2 rings (SSSR count). The first kappa shape index (κ1) is 19.2. The van der Waals surface area contributed by atoms with Gasteiger partial charge in [-0.1, -0.05) is 11.6 Å². The maximum atomic E-state index is 12.5. The third kappa shape index (κ3) is 4.91. The molecule has 0 spiro atoms. The van der Waals surface area contributed by atoms with Crippen LogP contribution in [0.25, 0.3) is 0 Å². The molecule has 0 bridgehead atoms. The Kier molecular flexibility index (Phi) is 6.35. The van der Waals surface area contributed by atoms with Gasteiger partial charge >= 0.3 is 0 Å². The van der Waals surface area contributed by atoms with E-state index in [-0.39, 0.29) is 23.3 Å². The molecule has 0 aliphatic carbocycles. The van der Waals surface area contributed by atoms with Crippen molar-refractivity contribution < 1.29 is 19.4 Å². The molecule has 7 nitrogen and oxygen atoms in total. The van der Waals surface area contributed by atoms with Crippen LogP contribution in [0.5, 0.6) is 5.75 Å². The lowest BCUT2D eigenvalue weighted by Crippen LogP contribution is -3.12. The fourth-order valence-corrected chi connectivity index (χ4v) is 3.43. The number of nitrogens with zero attached hydrogens (tertiary/aromatic N) is 1. The topological polar surface area (TPSA) is 85.9 Å². The van der Waals surface area contributed by atoms with Gasteiger partial charge in [0.05, 0.1) is 34.0 Å². The zero-order chi connectivity index (χ0) is 18.6. The summed E-state index contributed by atoms with van der Waals surface area (Å²) in [6, 6.07) is 7.47. The fraction of sp³-hybridized carbons (Fsp3) is 0.312. The first-order valence-electron chi connectivity index (χ1n) is 7.51. The summed E-state index contributed by atoms with van der Waals surface area (Å²) in [4.78, 5) is 25.0. The van der Waals surface area contributed by atoms with Gasteiger partial charge in [-0.15, -0.1) is 11.3 Å². The lowest BCUT2D eigenvalue weighted by atomic mass is 10.2. The molecule has 2 N–H and O–H groups in total. The second-order valence-corrected chi connectivity index (χ2v) is 7.38. The van der Waals surface area contributed by atoms with Gasteiger partial charge in [0.2, 0.25) is 0 Å². The molecule has 0 radical (unpaired) electrons. The van der Waals surface area contributed by atoms with Crippen LogP contribution in [-0.2, 0) is 11.3 Å². The third-order valence-corrected chi connectivity index (χ3v) is 5.10. The van der Waals surface area contributed by atoms with E-state index in [0.29, 0.717) is 16.6 Å². The summed E-state index contributed by atoms with van der Waals surface area (Å²) >= 11 is 7.41. The van der Waals surface area contributed by atoms with Crippen molar-refractivity contribution in [2.75, 3.05) is 19.5 Å². The minimum absolute atomic E-state index is 0.113. The number of thiophene rings is 1. The number of carbonyl (C=O) groups is 1. The van der Waals surface area contributed by atoms with E-state index in [0.717, 1.165) is 9.78 Å². The van der Waals surface area contributed by atoms with Crippen LogP contribution in [0.3, 0.4) is 0 Å². The summed E-state index contributed by atoms with van der Waals surface area (Å²) in [6.45, 7) is 2.45. The zero-order valence-electron chi connectivity index (χ0n) is 14.0. The van der Waals surface area contributed by atoms with Gasteiger partial charge in [-0.3, -0.25) is 14.9 Å². The molecule has 0 aliphatic heterocycles. The number of rotatable bonds is 7. The van der Waals surface area contributed by atoms with Gasteiger partial charge in [0.1, 0.15) is 12.3 Å². The maximum Gasteiger partial charge on any atom is 0.282 e. The fourth-order valence-electron chi connectivity index (χ4n) is 2.25. The van der Waals surface area contributed by atoms with E-state index in [1.54, 1.807) is 6.92 Å². The van der Waals surface area contributed by atoms with Crippen LogP contribution in [0.2, 0.25) is 4.34 Å². The van der Waals surface area contributed by atoms with E-state index in [4.69, 9.17) is 16.3 Å². The summed E-state index contributed by atoms with van der Waals surface area (Å²) < 4.78 is 5.87. The number of methoxy groups -OCH3 is 1. The first-order chi connectivity index (χ1) is 11.8. The van der Waals surface area contributed by atoms with E-state index in [2.05, 4.69) is 5.32 Å². The highest BCUT2D eigenvalue weighted by atomic mass is 35.5. The molecule has 1 amide bonds. The molecule has 9 heteroatoms. The minimum Gasteiger partial charge on any atom is -0.495 e. The van der Waals surface area contributed by atoms with Crippen LogP contribution >= 0.6 is 22.9 Å². The van der Waals surface area contributed by atoms with Gasteiger partial charge < -0.3 is 15.0 Å². The molecule has 25 heavy (non-hydrogen) atoms. The first-order valence-corrected chi connectivity index (χ1v) is 8.71. The SMILES string of the molecule is COc1ccc([N+](=O)[O-])cc1NC(=O)[C@H](C)[NH+](C)Cc1ccc(Cl)s1. The number of non-ortho nitro benzene ring substituents is 1. The molecular formula is C16H19ClN3O4S+. The van der Waals surface area contributed by atoms with Crippen molar-refractivity contribution in [3.8, 4) is 5.75 Å². The van der Waals surface area contributed by atoms with Gasteiger partial charge in [-0.25, -0.2) is 0 Å². The van der Waals surface area contributed by atoms with E-state index < -0.39 is 4.92 Å². The molecule has 2 atom stereocenters. The molecule has 2 aromatic rings. The molecule has 1 heterocycles. The predicted molar refractivity (Wildman–Crippen MR) is 97.7 cm³/mol. The highest BCUT2D eigenvalue weighted by Crippen LogP contribution is 2.28. The number of hydrogen-bond donors (Lipinski definition) is 2. The lowest BCUT2D eigenvalue weighted by molar-refractivity contribution is -0.907. The van der Waals surface area contributed by atoms with Crippen LogP contribution in [0.1, 0.15) is 11.8 Å². The van der Waals surface area contributed by atoms with Gasteiger partial charge in [-0.05, 0) is 25.1 Å². The van der Waals surface area contributed by atoms with E-state index in [9.17, 15) is 14.9 Å². The monoisotopic (exact) mass is 384 g/mol. The second-order valence-electron chi connectivity index (χ2n) is 5.58. The van der Waals surface area contributed by atoms with E-state index >= 15 is 0 Å². The second kappa shape index (κ2) is 8.28. The summed E-state index contributed by atoms with van der Waals surface area (Å²) in [7, 11) is 3.35. The number of benzene rings is 1. The van der Waals surface area contributed by atoms with Crippen LogP contribution in [0.15, 0.2) is 30.3 Å². The number of quaternary nitrogens is 1.